The van der Waals surface area contributed by atoms with Crippen LogP contribution in [0.1, 0.15) is 6.42 Å². The van der Waals surface area contributed by atoms with Crippen molar-refractivity contribution in [1.82, 2.24) is 20.0 Å². The fourth-order valence-corrected chi connectivity index (χ4v) is 2.67. The summed E-state index contributed by atoms with van der Waals surface area (Å²) in [6, 6.07) is 3.60. The molecule has 1 aromatic rings. The van der Waals surface area contributed by atoms with Crippen LogP contribution < -0.4 is 9.64 Å². The number of cyclic esters (lactones) is 1. The molecule has 2 saturated heterocycles. The van der Waals surface area contributed by atoms with Gasteiger partial charge in [-0.05, 0) is 6.07 Å². The molecule has 0 N–H and O–H groups in total. The number of amides is 2. The number of carbonyl (C=O) groups is 2. The van der Waals surface area contributed by atoms with Gasteiger partial charge >= 0.3 is 6.09 Å². The van der Waals surface area contributed by atoms with Gasteiger partial charge in [-0.15, -0.1) is 10.2 Å². The first kappa shape index (κ1) is 16.3. The molecule has 2 amide bonds. The molecule has 0 radical (unpaired) electrons. The lowest BCUT2D eigenvalue weighted by Gasteiger charge is -2.20. The number of aromatic nitrogens is 2. The van der Waals surface area contributed by atoms with Crippen molar-refractivity contribution < 1.29 is 19.1 Å². The third-order valence-electron chi connectivity index (χ3n) is 4.04. The molecule has 0 aromatic carbocycles. The van der Waals surface area contributed by atoms with E-state index in [-0.39, 0.29) is 18.6 Å². The first-order chi connectivity index (χ1) is 11.5. The average molecular weight is 335 g/mol. The predicted molar refractivity (Wildman–Crippen MR) is 84.9 cm³/mol. The summed E-state index contributed by atoms with van der Waals surface area (Å²) >= 11 is 0. The number of hydrogen-bond donors (Lipinski definition) is 0. The van der Waals surface area contributed by atoms with E-state index in [9.17, 15) is 9.59 Å². The van der Waals surface area contributed by atoms with Gasteiger partial charge in [0.1, 0.15) is 19.3 Å². The van der Waals surface area contributed by atoms with Crippen molar-refractivity contribution in [3.05, 3.63) is 12.1 Å². The molecular weight excluding hydrogens is 314 g/mol. The number of carbonyl (C=O) groups excluding carboxylic acids is 2. The summed E-state index contributed by atoms with van der Waals surface area (Å²) in [5, 5.41) is 8.10. The molecular formula is C15H21N5O4. The van der Waals surface area contributed by atoms with Gasteiger partial charge in [0.15, 0.2) is 5.82 Å². The molecule has 9 nitrogen and oxygen atoms in total. The van der Waals surface area contributed by atoms with E-state index < -0.39 is 6.09 Å². The zero-order chi connectivity index (χ0) is 17.1. The summed E-state index contributed by atoms with van der Waals surface area (Å²) in [7, 11) is 3.78. The SMILES string of the molecule is CN(C)c1ccc(OC2CCN(C(=O)CN3CCOC3=O)C2)nn1. The zero-order valence-electron chi connectivity index (χ0n) is 13.8. The van der Waals surface area contributed by atoms with Crippen LogP contribution in [0.4, 0.5) is 10.6 Å². The molecule has 3 rings (SSSR count). The van der Waals surface area contributed by atoms with Crippen LogP contribution in [0.2, 0.25) is 0 Å². The van der Waals surface area contributed by atoms with Crippen molar-refractivity contribution in [2.24, 2.45) is 0 Å². The number of rotatable bonds is 5. The molecule has 0 spiro atoms. The Bertz CT molecular complexity index is 606. The minimum absolute atomic E-state index is 0.0584. The first-order valence-corrected chi connectivity index (χ1v) is 7.90. The van der Waals surface area contributed by atoms with Gasteiger partial charge in [0, 0.05) is 33.1 Å². The Labute approximate surface area is 140 Å². The molecule has 1 atom stereocenters. The van der Waals surface area contributed by atoms with Crippen LogP contribution in [0, 0.1) is 0 Å². The van der Waals surface area contributed by atoms with Gasteiger partial charge in [0.05, 0.1) is 13.1 Å². The number of ether oxygens (including phenoxy) is 2. The Morgan fingerprint density at radius 2 is 2.21 bits per heavy atom. The van der Waals surface area contributed by atoms with Crippen molar-refractivity contribution in [1.29, 1.82) is 0 Å². The monoisotopic (exact) mass is 335 g/mol. The Hall–Kier alpha value is -2.58. The summed E-state index contributed by atoms with van der Waals surface area (Å²) in [6.45, 7) is 1.96. The lowest BCUT2D eigenvalue weighted by Crippen LogP contribution is -2.40. The number of anilines is 1. The van der Waals surface area contributed by atoms with Crippen LogP contribution in [-0.2, 0) is 9.53 Å². The van der Waals surface area contributed by atoms with Crippen molar-refractivity contribution in [2.45, 2.75) is 12.5 Å². The predicted octanol–water partition coefficient (Wildman–Crippen LogP) is -0.0255. The maximum atomic E-state index is 12.3. The maximum absolute atomic E-state index is 12.3. The van der Waals surface area contributed by atoms with E-state index in [2.05, 4.69) is 10.2 Å². The molecule has 2 fully saturated rings. The standard InChI is InChI=1S/C15H21N5O4/c1-18(2)12-3-4-13(17-16-12)24-11-5-6-19(9-11)14(21)10-20-7-8-23-15(20)22/h3-4,11H,5-10H2,1-2H3. The van der Waals surface area contributed by atoms with Gasteiger partial charge in [-0.25, -0.2) is 4.79 Å². The fourth-order valence-electron chi connectivity index (χ4n) is 2.67. The first-order valence-electron chi connectivity index (χ1n) is 7.90. The molecule has 3 heterocycles. The molecule has 1 unspecified atom stereocenters. The van der Waals surface area contributed by atoms with E-state index in [0.717, 1.165) is 12.2 Å². The van der Waals surface area contributed by atoms with E-state index in [4.69, 9.17) is 9.47 Å². The number of hydrogen-bond acceptors (Lipinski definition) is 7. The van der Waals surface area contributed by atoms with Crippen molar-refractivity contribution in [3.63, 3.8) is 0 Å². The minimum atomic E-state index is -0.424. The van der Waals surface area contributed by atoms with Crippen LogP contribution in [0.15, 0.2) is 12.1 Å². The Kier molecular flexibility index (Phi) is 4.68. The minimum Gasteiger partial charge on any atom is -0.471 e. The second-order valence-corrected chi connectivity index (χ2v) is 6.03. The van der Waals surface area contributed by atoms with E-state index in [1.165, 1.54) is 4.90 Å². The van der Waals surface area contributed by atoms with Gasteiger partial charge in [-0.2, -0.15) is 0 Å². The largest absolute Gasteiger partial charge is 0.471 e. The van der Waals surface area contributed by atoms with E-state index >= 15 is 0 Å². The van der Waals surface area contributed by atoms with Gasteiger partial charge in [-0.1, -0.05) is 0 Å². The molecule has 2 aliphatic heterocycles. The number of nitrogens with zero attached hydrogens (tertiary/aromatic N) is 5. The van der Waals surface area contributed by atoms with E-state index in [0.29, 0.717) is 32.1 Å². The lowest BCUT2D eigenvalue weighted by molar-refractivity contribution is -0.130. The molecule has 9 heteroatoms. The maximum Gasteiger partial charge on any atom is 0.410 e. The highest BCUT2D eigenvalue weighted by Crippen LogP contribution is 2.18. The van der Waals surface area contributed by atoms with Crippen LogP contribution in [0.25, 0.3) is 0 Å². The Morgan fingerprint density at radius 1 is 1.38 bits per heavy atom. The lowest BCUT2D eigenvalue weighted by atomic mass is 10.3. The van der Waals surface area contributed by atoms with Gasteiger partial charge in [-0.3, -0.25) is 9.69 Å². The van der Waals surface area contributed by atoms with Crippen LogP contribution >= 0.6 is 0 Å². The van der Waals surface area contributed by atoms with Gasteiger partial charge in [0.25, 0.3) is 0 Å². The number of likely N-dealkylation sites (tertiary alicyclic amines) is 1. The third kappa shape index (κ3) is 3.66. The molecule has 130 valence electrons. The quantitative estimate of drug-likeness (QED) is 0.747. The second-order valence-electron chi connectivity index (χ2n) is 6.03. The summed E-state index contributed by atoms with van der Waals surface area (Å²) in [5.74, 6) is 1.11. The highest BCUT2D eigenvalue weighted by atomic mass is 16.6. The highest BCUT2D eigenvalue weighted by molar-refractivity contribution is 5.83. The van der Waals surface area contributed by atoms with Crippen LogP contribution in [-0.4, -0.2) is 85.0 Å². The van der Waals surface area contributed by atoms with Crippen molar-refractivity contribution >= 4 is 17.8 Å². The Balaban J connectivity index is 1.49. The summed E-state index contributed by atoms with van der Waals surface area (Å²) < 4.78 is 10.6. The summed E-state index contributed by atoms with van der Waals surface area (Å²) in [4.78, 5) is 28.6. The van der Waals surface area contributed by atoms with Crippen LogP contribution in [0.3, 0.4) is 0 Å². The average Bonchev–Trinajstić information content (AvgIpc) is 3.18. The van der Waals surface area contributed by atoms with Crippen molar-refractivity contribution in [2.75, 3.05) is 51.8 Å². The molecule has 2 aliphatic rings. The molecule has 0 saturated carbocycles. The zero-order valence-corrected chi connectivity index (χ0v) is 13.8. The van der Waals surface area contributed by atoms with Gasteiger partial charge < -0.3 is 19.3 Å². The van der Waals surface area contributed by atoms with Crippen molar-refractivity contribution in [3.8, 4) is 5.88 Å². The molecule has 1 aromatic heterocycles. The summed E-state index contributed by atoms with van der Waals surface area (Å²) in [5.41, 5.74) is 0. The summed E-state index contributed by atoms with van der Waals surface area (Å²) in [6.07, 6.45) is 0.193. The third-order valence-corrected chi connectivity index (χ3v) is 4.04. The highest BCUT2D eigenvalue weighted by Gasteiger charge is 2.31. The molecule has 24 heavy (non-hydrogen) atoms. The second kappa shape index (κ2) is 6.90. The normalized spacial score (nSPS) is 20.2. The molecule has 0 aliphatic carbocycles. The van der Waals surface area contributed by atoms with E-state index in [1.807, 2.05) is 25.1 Å². The Morgan fingerprint density at radius 3 is 2.83 bits per heavy atom. The molecule has 0 bridgehead atoms. The van der Waals surface area contributed by atoms with Crippen LogP contribution in [0.5, 0.6) is 5.88 Å². The fraction of sp³-hybridized carbons (Fsp3) is 0.600. The topological polar surface area (TPSA) is 88.1 Å². The van der Waals surface area contributed by atoms with Gasteiger partial charge in [0.2, 0.25) is 11.8 Å². The van der Waals surface area contributed by atoms with E-state index in [1.54, 1.807) is 11.0 Å². The smallest absolute Gasteiger partial charge is 0.410 e.